The van der Waals surface area contributed by atoms with Gasteiger partial charge >= 0.3 is 5.97 Å². The Kier molecular flexibility index (Phi) is 4.11. The van der Waals surface area contributed by atoms with Crippen LogP contribution in [-0.4, -0.2) is 30.4 Å². The SMILES string of the molecule is CC[C@@]1(C(=O)OC)N[C@@H](c2ccco2)[C@H]2C(=O)N(c3ccccc3)C(=O)[C@H]21. The second-order valence-electron chi connectivity index (χ2n) is 6.80. The normalized spacial score (nSPS) is 29.9. The van der Waals surface area contributed by atoms with Crippen LogP contribution < -0.4 is 10.2 Å². The Morgan fingerprint density at radius 3 is 2.52 bits per heavy atom. The van der Waals surface area contributed by atoms with Gasteiger partial charge in [0.25, 0.3) is 0 Å². The number of para-hydroxylation sites is 1. The van der Waals surface area contributed by atoms with Gasteiger partial charge in [-0.2, -0.15) is 0 Å². The van der Waals surface area contributed by atoms with Crippen LogP contribution in [-0.2, 0) is 19.1 Å². The number of imide groups is 1. The smallest absolute Gasteiger partial charge is 0.326 e. The minimum Gasteiger partial charge on any atom is -0.468 e. The van der Waals surface area contributed by atoms with Crippen molar-refractivity contribution in [1.82, 2.24) is 5.32 Å². The topological polar surface area (TPSA) is 88.8 Å². The van der Waals surface area contributed by atoms with Crippen molar-refractivity contribution < 1.29 is 23.5 Å². The highest BCUT2D eigenvalue weighted by Crippen LogP contribution is 2.51. The molecule has 1 aromatic heterocycles. The molecule has 0 unspecified atom stereocenters. The number of carbonyl (C=O) groups is 3. The van der Waals surface area contributed by atoms with Crippen molar-refractivity contribution in [1.29, 1.82) is 0 Å². The van der Waals surface area contributed by atoms with Gasteiger partial charge in [-0.1, -0.05) is 25.1 Å². The molecule has 1 N–H and O–H groups in total. The van der Waals surface area contributed by atoms with Gasteiger partial charge in [-0.25, -0.2) is 4.90 Å². The molecular weight excluding hydrogens is 348 g/mol. The first kappa shape index (κ1) is 17.5. The zero-order valence-corrected chi connectivity index (χ0v) is 15.0. The predicted octanol–water partition coefficient (Wildman–Crippen LogP) is 2.05. The molecule has 0 bridgehead atoms. The maximum Gasteiger partial charge on any atom is 0.326 e. The third-order valence-electron chi connectivity index (χ3n) is 5.63. The van der Waals surface area contributed by atoms with Crippen LogP contribution in [0.4, 0.5) is 5.69 Å². The lowest BCUT2D eigenvalue weighted by molar-refractivity contribution is -0.152. The Balaban J connectivity index is 1.85. The summed E-state index contributed by atoms with van der Waals surface area (Å²) in [6.45, 7) is 1.80. The van der Waals surface area contributed by atoms with Crippen molar-refractivity contribution in [3.05, 3.63) is 54.5 Å². The molecule has 4 rings (SSSR count). The number of hydrogen-bond acceptors (Lipinski definition) is 6. The van der Waals surface area contributed by atoms with Gasteiger partial charge in [0.2, 0.25) is 11.8 Å². The highest BCUT2D eigenvalue weighted by Gasteiger charge is 2.68. The van der Waals surface area contributed by atoms with Gasteiger partial charge < -0.3 is 9.15 Å². The summed E-state index contributed by atoms with van der Waals surface area (Å²) in [5.41, 5.74) is -0.789. The van der Waals surface area contributed by atoms with Gasteiger partial charge in [-0.05, 0) is 30.7 Å². The first-order valence-corrected chi connectivity index (χ1v) is 8.87. The Morgan fingerprint density at radius 2 is 1.93 bits per heavy atom. The van der Waals surface area contributed by atoms with Gasteiger partial charge in [0.05, 0.1) is 36.9 Å². The number of amides is 2. The summed E-state index contributed by atoms with van der Waals surface area (Å²) in [7, 11) is 1.28. The summed E-state index contributed by atoms with van der Waals surface area (Å²) in [4.78, 5) is 40.5. The molecule has 3 heterocycles. The van der Waals surface area contributed by atoms with Crippen LogP contribution in [0.25, 0.3) is 0 Å². The van der Waals surface area contributed by atoms with Crippen molar-refractivity contribution in [2.75, 3.05) is 12.0 Å². The summed E-state index contributed by atoms with van der Waals surface area (Å²) < 4.78 is 10.5. The fourth-order valence-corrected chi connectivity index (χ4v) is 4.38. The molecule has 0 radical (unpaired) electrons. The molecule has 0 spiro atoms. The number of ether oxygens (including phenoxy) is 1. The van der Waals surface area contributed by atoms with Gasteiger partial charge in [0, 0.05) is 0 Å². The van der Waals surface area contributed by atoms with Crippen LogP contribution in [0.1, 0.15) is 25.1 Å². The summed E-state index contributed by atoms with van der Waals surface area (Å²) >= 11 is 0. The first-order valence-electron chi connectivity index (χ1n) is 8.87. The average Bonchev–Trinajstić information content (AvgIpc) is 3.39. The van der Waals surface area contributed by atoms with Crippen LogP contribution in [0.15, 0.2) is 53.1 Å². The van der Waals surface area contributed by atoms with Crippen LogP contribution in [0, 0.1) is 11.8 Å². The van der Waals surface area contributed by atoms with E-state index in [2.05, 4.69) is 5.32 Å². The lowest BCUT2D eigenvalue weighted by Gasteiger charge is -2.31. The second-order valence-corrected chi connectivity index (χ2v) is 6.80. The van der Waals surface area contributed by atoms with E-state index in [0.29, 0.717) is 17.9 Å². The number of fused-ring (bicyclic) bond motifs is 1. The number of nitrogens with zero attached hydrogens (tertiary/aromatic N) is 1. The predicted molar refractivity (Wildman–Crippen MR) is 95.5 cm³/mol. The fraction of sp³-hybridized carbons (Fsp3) is 0.350. The van der Waals surface area contributed by atoms with Gasteiger partial charge in [-0.3, -0.25) is 19.7 Å². The van der Waals surface area contributed by atoms with E-state index in [1.54, 1.807) is 43.3 Å². The maximum atomic E-state index is 13.3. The Hall–Kier alpha value is -2.93. The molecule has 1 aromatic carbocycles. The van der Waals surface area contributed by atoms with Crippen molar-refractivity contribution in [3.8, 4) is 0 Å². The maximum absolute atomic E-state index is 13.3. The molecule has 2 amide bonds. The molecule has 0 saturated carbocycles. The van der Waals surface area contributed by atoms with E-state index in [4.69, 9.17) is 9.15 Å². The Labute approximate surface area is 156 Å². The highest BCUT2D eigenvalue weighted by molar-refractivity contribution is 6.24. The summed E-state index contributed by atoms with van der Waals surface area (Å²) in [5, 5.41) is 3.21. The largest absolute Gasteiger partial charge is 0.468 e. The van der Waals surface area contributed by atoms with E-state index in [9.17, 15) is 14.4 Å². The van der Waals surface area contributed by atoms with E-state index in [1.807, 2.05) is 6.07 Å². The molecule has 2 aliphatic heterocycles. The number of nitrogens with one attached hydrogen (secondary N) is 1. The molecule has 4 atom stereocenters. The molecular formula is C20H20N2O5. The number of rotatable bonds is 4. The number of furan rings is 1. The third-order valence-corrected chi connectivity index (χ3v) is 5.63. The van der Waals surface area contributed by atoms with E-state index < -0.39 is 35.3 Å². The lowest BCUT2D eigenvalue weighted by atomic mass is 9.78. The van der Waals surface area contributed by atoms with Crippen molar-refractivity contribution in [2.24, 2.45) is 11.8 Å². The van der Waals surface area contributed by atoms with E-state index in [1.165, 1.54) is 18.3 Å². The Morgan fingerprint density at radius 1 is 1.19 bits per heavy atom. The van der Waals surface area contributed by atoms with Crippen LogP contribution in [0.3, 0.4) is 0 Å². The second kappa shape index (κ2) is 6.35. The fourth-order valence-electron chi connectivity index (χ4n) is 4.38. The average molecular weight is 368 g/mol. The summed E-state index contributed by atoms with van der Waals surface area (Å²) in [6, 6.07) is 11.6. The van der Waals surface area contributed by atoms with Crippen molar-refractivity contribution in [2.45, 2.75) is 24.9 Å². The van der Waals surface area contributed by atoms with Gasteiger partial charge in [0.15, 0.2) is 0 Å². The molecule has 0 aliphatic carbocycles. The molecule has 27 heavy (non-hydrogen) atoms. The third kappa shape index (κ3) is 2.35. The minimum absolute atomic E-state index is 0.305. The quantitative estimate of drug-likeness (QED) is 0.656. The van der Waals surface area contributed by atoms with Crippen molar-refractivity contribution >= 4 is 23.5 Å². The standard InChI is InChI=1S/C20H20N2O5/c1-3-20(19(25)26-2)15-14(16(21-20)13-10-7-11-27-13)17(23)22(18(15)24)12-8-5-4-6-9-12/h4-11,14-16,21H,3H2,1-2H3/t14-,15-,16-,20+/m0/s1. The van der Waals surface area contributed by atoms with Crippen LogP contribution >= 0.6 is 0 Å². The number of hydrogen-bond donors (Lipinski definition) is 1. The van der Waals surface area contributed by atoms with E-state index >= 15 is 0 Å². The lowest BCUT2D eigenvalue weighted by Crippen LogP contribution is -2.55. The molecule has 7 heteroatoms. The van der Waals surface area contributed by atoms with E-state index in [0.717, 1.165) is 0 Å². The molecule has 2 aliphatic rings. The summed E-state index contributed by atoms with van der Waals surface area (Å²) in [5.74, 6) is -2.39. The molecule has 2 aromatic rings. The van der Waals surface area contributed by atoms with Crippen LogP contribution in [0.2, 0.25) is 0 Å². The molecule has 140 valence electrons. The number of benzene rings is 1. The number of esters is 1. The highest BCUT2D eigenvalue weighted by atomic mass is 16.5. The zero-order valence-electron chi connectivity index (χ0n) is 15.0. The zero-order chi connectivity index (χ0) is 19.2. The minimum atomic E-state index is -1.28. The first-order chi connectivity index (χ1) is 13.0. The summed E-state index contributed by atoms with van der Waals surface area (Å²) in [6.07, 6.45) is 1.81. The van der Waals surface area contributed by atoms with Crippen LogP contribution in [0.5, 0.6) is 0 Å². The molecule has 2 saturated heterocycles. The van der Waals surface area contributed by atoms with E-state index in [-0.39, 0.29) is 5.91 Å². The van der Waals surface area contributed by atoms with Gasteiger partial charge in [-0.15, -0.1) is 0 Å². The molecule has 2 fully saturated rings. The monoisotopic (exact) mass is 368 g/mol. The Bertz CT molecular complexity index is 879. The number of anilines is 1. The van der Waals surface area contributed by atoms with Gasteiger partial charge in [0.1, 0.15) is 11.3 Å². The number of methoxy groups -OCH3 is 1. The number of carbonyl (C=O) groups excluding carboxylic acids is 3. The molecule has 7 nitrogen and oxygen atoms in total. The van der Waals surface area contributed by atoms with Crippen molar-refractivity contribution in [3.63, 3.8) is 0 Å².